The fourth-order valence-electron chi connectivity index (χ4n) is 1.29. The van der Waals surface area contributed by atoms with Crippen molar-refractivity contribution in [2.24, 2.45) is 0 Å². The molecule has 0 bridgehead atoms. The molecule has 2 rings (SSSR count). The van der Waals surface area contributed by atoms with Crippen molar-refractivity contribution >= 4 is 35.1 Å². The number of H-pyrrole nitrogens is 1. The minimum atomic E-state index is -4.67. The summed E-state index contributed by atoms with van der Waals surface area (Å²) in [6.45, 7) is 0. The van der Waals surface area contributed by atoms with E-state index in [0.29, 0.717) is 5.02 Å². The van der Waals surface area contributed by atoms with Gasteiger partial charge in [-0.2, -0.15) is 18.2 Å². The fourth-order valence-corrected chi connectivity index (χ4v) is 1.78. The Hall–Kier alpha value is -1.80. The van der Waals surface area contributed by atoms with Crippen LogP contribution in [0.4, 0.5) is 19.1 Å². The van der Waals surface area contributed by atoms with Gasteiger partial charge in [-0.1, -0.05) is 23.2 Å². The molecule has 0 unspecified atom stereocenters. The van der Waals surface area contributed by atoms with E-state index in [2.05, 4.69) is 15.4 Å². The van der Waals surface area contributed by atoms with Crippen LogP contribution in [-0.4, -0.2) is 21.1 Å². The first-order chi connectivity index (χ1) is 9.27. The number of nitrogens with zero attached hydrogens (tertiary/aromatic N) is 2. The van der Waals surface area contributed by atoms with Gasteiger partial charge < -0.3 is 0 Å². The number of rotatable bonds is 2. The van der Waals surface area contributed by atoms with Crippen molar-refractivity contribution in [3.8, 4) is 0 Å². The van der Waals surface area contributed by atoms with Gasteiger partial charge >= 0.3 is 6.18 Å². The monoisotopic (exact) mass is 324 g/mol. The van der Waals surface area contributed by atoms with Gasteiger partial charge in [-0.25, -0.2) is 0 Å². The zero-order valence-electron chi connectivity index (χ0n) is 9.42. The highest BCUT2D eigenvalue weighted by atomic mass is 35.5. The van der Waals surface area contributed by atoms with Gasteiger partial charge in [-0.05, 0) is 18.2 Å². The number of hydrogen-bond donors (Lipinski definition) is 2. The lowest BCUT2D eigenvalue weighted by Gasteiger charge is -2.03. The molecule has 5 nitrogen and oxygen atoms in total. The van der Waals surface area contributed by atoms with E-state index in [1.165, 1.54) is 18.2 Å². The van der Waals surface area contributed by atoms with Crippen molar-refractivity contribution < 1.29 is 18.0 Å². The molecule has 1 aromatic heterocycles. The maximum atomic E-state index is 12.3. The molecule has 0 aliphatic heterocycles. The molecule has 0 atom stereocenters. The van der Waals surface area contributed by atoms with Gasteiger partial charge in [0.1, 0.15) is 0 Å². The van der Waals surface area contributed by atoms with Gasteiger partial charge in [0, 0.05) is 5.02 Å². The van der Waals surface area contributed by atoms with Gasteiger partial charge in [0.05, 0.1) is 10.6 Å². The number of carbonyl (C=O) groups is 1. The lowest BCUT2D eigenvalue weighted by atomic mass is 10.2. The summed E-state index contributed by atoms with van der Waals surface area (Å²) in [5.74, 6) is -2.57. The largest absolute Gasteiger partial charge is 0.451 e. The number of amides is 1. The van der Waals surface area contributed by atoms with Crippen molar-refractivity contribution in [1.29, 1.82) is 0 Å². The van der Waals surface area contributed by atoms with Crippen LogP contribution in [0.3, 0.4) is 0 Å². The summed E-state index contributed by atoms with van der Waals surface area (Å²) >= 11 is 11.5. The number of benzene rings is 1. The lowest BCUT2D eigenvalue weighted by Crippen LogP contribution is -2.14. The number of anilines is 1. The number of hydrogen-bond acceptors (Lipinski definition) is 3. The molecule has 106 valence electrons. The van der Waals surface area contributed by atoms with E-state index in [1.54, 1.807) is 5.10 Å². The quantitative estimate of drug-likeness (QED) is 0.889. The number of alkyl halides is 3. The molecule has 1 amide bonds. The van der Waals surface area contributed by atoms with Crippen molar-refractivity contribution in [2.45, 2.75) is 6.18 Å². The maximum Gasteiger partial charge on any atom is 0.451 e. The smallest absolute Gasteiger partial charge is 0.289 e. The summed E-state index contributed by atoms with van der Waals surface area (Å²) in [6.07, 6.45) is -4.67. The second-order valence-corrected chi connectivity index (χ2v) is 4.43. The summed E-state index contributed by atoms with van der Waals surface area (Å²) in [5, 5.41) is 7.38. The number of aromatic nitrogens is 3. The Bertz CT molecular complexity index is 656. The summed E-state index contributed by atoms with van der Waals surface area (Å²) < 4.78 is 36.9. The second-order valence-electron chi connectivity index (χ2n) is 3.58. The van der Waals surface area contributed by atoms with Gasteiger partial charge in [0.2, 0.25) is 11.8 Å². The maximum absolute atomic E-state index is 12.3. The Morgan fingerprint density at radius 1 is 1.30 bits per heavy atom. The predicted octanol–water partition coefficient (Wildman–Crippen LogP) is 3.38. The molecule has 2 N–H and O–H groups in total. The first kappa shape index (κ1) is 14.6. The summed E-state index contributed by atoms with van der Waals surface area (Å²) in [6, 6.07) is 4.08. The third kappa shape index (κ3) is 3.20. The van der Waals surface area contributed by atoms with Gasteiger partial charge in [0.15, 0.2) is 0 Å². The van der Waals surface area contributed by atoms with Crippen molar-refractivity contribution in [3.05, 3.63) is 39.6 Å². The van der Waals surface area contributed by atoms with E-state index >= 15 is 0 Å². The molecular formula is C10H5Cl2F3N4O. The second kappa shape index (κ2) is 5.29. The highest BCUT2D eigenvalue weighted by Crippen LogP contribution is 2.26. The predicted molar refractivity (Wildman–Crippen MR) is 65.8 cm³/mol. The van der Waals surface area contributed by atoms with E-state index in [1.807, 2.05) is 0 Å². The molecule has 20 heavy (non-hydrogen) atoms. The van der Waals surface area contributed by atoms with Crippen LogP contribution in [0.25, 0.3) is 0 Å². The number of halogens is 5. The third-order valence-electron chi connectivity index (χ3n) is 2.16. The molecule has 1 aromatic carbocycles. The van der Waals surface area contributed by atoms with Crippen LogP contribution < -0.4 is 5.32 Å². The fraction of sp³-hybridized carbons (Fsp3) is 0.100. The zero-order chi connectivity index (χ0) is 14.9. The van der Waals surface area contributed by atoms with Crippen LogP contribution >= 0.6 is 23.2 Å². The molecule has 0 radical (unpaired) electrons. The highest BCUT2D eigenvalue weighted by Gasteiger charge is 2.35. The number of carbonyl (C=O) groups excluding carboxylic acids is 1. The average Bonchev–Trinajstić information content (AvgIpc) is 2.76. The molecule has 2 aromatic rings. The van der Waals surface area contributed by atoms with Crippen LogP contribution in [0.1, 0.15) is 16.2 Å². The molecule has 0 saturated carbocycles. The molecule has 0 aliphatic carbocycles. The van der Waals surface area contributed by atoms with Gasteiger partial charge in [-0.3, -0.25) is 15.2 Å². The first-order valence-electron chi connectivity index (χ1n) is 5.03. The average molecular weight is 325 g/mol. The highest BCUT2D eigenvalue weighted by molar-refractivity contribution is 6.37. The minimum absolute atomic E-state index is 0.0365. The van der Waals surface area contributed by atoms with Gasteiger partial charge in [0.25, 0.3) is 5.91 Å². The Kier molecular flexibility index (Phi) is 3.87. The van der Waals surface area contributed by atoms with Gasteiger partial charge in [-0.15, -0.1) is 5.10 Å². The van der Waals surface area contributed by atoms with Crippen LogP contribution in [0, 0.1) is 0 Å². The van der Waals surface area contributed by atoms with E-state index in [9.17, 15) is 18.0 Å². The molecule has 0 spiro atoms. The Balaban J connectivity index is 2.17. The number of nitrogens with one attached hydrogen (secondary N) is 2. The molecule has 0 saturated heterocycles. The summed E-state index contributed by atoms with van der Waals surface area (Å²) in [4.78, 5) is 14.9. The SMILES string of the molecule is O=C(Nc1n[nH]c(C(F)(F)F)n1)c1ccc(Cl)cc1Cl. The standard InChI is InChI=1S/C10H5Cl2F3N4O/c11-4-1-2-5(6(12)3-4)7(20)16-9-17-8(18-19-9)10(13,14)15/h1-3H,(H2,16,17,18,19,20). The minimum Gasteiger partial charge on any atom is -0.289 e. The van der Waals surface area contributed by atoms with E-state index in [-0.39, 0.29) is 10.6 Å². The molecule has 10 heteroatoms. The lowest BCUT2D eigenvalue weighted by molar-refractivity contribution is -0.144. The molecule has 0 fully saturated rings. The van der Waals surface area contributed by atoms with E-state index < -0.39 is 23.9 Å². The van der Waals surface area contributed by atoms with Crippen LogP contribution in [0.5, 0.6) is 0 Å². The van der Waals surface area contributed by atoms with Crippen molar-refractivity contribution in [2.75, 3.05) is 5.32 Å². The summed E-state index contributed by atoms with van der Waals surface area (Å²) in [7, 11) is 0. The van der Waals surface area contributed by atoms with E-state index in [0.717, 1.165) is 0 Å². The van der Waals surface area contributed by atoms with Crippen molar-refractivity contribution in [1.82, 2.24) is 15.2 Å². The Morgan fingerprint density at radius 3 is 2.55 bits per heavy atom. The molecule has 1 heterocycles. The molecular weight excluding hydrogens is 320 g/mol. The zero-order valence-corrected chi connectivity index (χ0v) is 10.9. The topological polar surface area (TPSA) is 70.7 Å². The summed E-state index contributed by atoms with van der Waals surface area (Å²) in [5.41, 5.74) is 0.0365. The normalized spacial score (nSPS) is 11.4. The Labute approximate surface area is 120 Å². The van der Waals surface area contributed by atoms with E-state index in [4.69, 9.17) is 23.2 Å². The third-order valence-corrected chi connectivity index (χ3v) is 2.70. The molecule has 0 aliphatic rings. The Morgan fingerprint density at radius 2 is 2.00 bits per heavy atom. The van der Waals surface area contributed by atoms with Crippen LogP contribution in [-0.2, 0) is 6.18 Å². The first-order valence-corrected chi connectivity index (χ1v) is 5.79. The van der Waals surface area contributed by atoms with Crippen molar-refractivity contribution in [3.63, 3.8) is 0 Å². The number of aromatic amines is 1. The van der Waals surface area contributed by atoms with Crippen LogP contribution in [0.2, 0.25) is 10.0 Å². The van der Waals surface area contributed by atoms with Crippen LogP contribution in [0.15, 0.2) is 18.2 Å².